The van der Waals surface area contributed by atoms with Crippen LogP contribution >= 0.6 is 15.9 Å². The Morgan fingerprint density at radius 1 is 0.739 bits per heavy atom. The lowest BCUT2D eigenvalue weighted by Crippen LogP contribution is -2.15. The van der Waals surface area contributed by atoms with Crippen LogP contribution < -0.4 is 0 Å². The second-order valence-corrected chi connectivity index (χ2v) is 8.12. The molecule has 0 unspecified atom stereocenters. The zero-order chi connectivity index (χ0) is 15.8. The van der Waals surface area contributed by atoms with Gasteiger partial charge in [0.2, 0.25) is 0 Å². The molecule has 2 aliphatic carbocycles. The minimum Gasteiger partial charge on any atom is -0.0619 e. The molecule has 3 aromatic rings. The first-order valence-electron chi connectivity index (χ1n) is 8.12. The van der Waals surface area contributed by atoms with Gasteiger partial charge in [-0.1, -0.05) is 66.2 Å². The van der Waals surface area contributed by atoms with E-state index in [9.17, 15) is 0 Å². The number of hydrogen-bond acceptors (Lipinski definition) is 0. The van der Waals surface area contributed by atoms with Crippen molar-refractivity contribution in [3.63, 3.8) is 0 Å². The van der Waals surface area contributed by atoms with E-state index in [-0.39, 0.29) is 5.41 Å². The van der Waals surface area contributed by atoms with Crippen LogP contribution in [0.1, 0.15) is 36.1 Å². The summed E-state index contributed by atoms with van der Waals surface area (Å²) in [4.78, 5) is 0. The van der Waals surface area contributed by atoms with Crippen LogP contribution in [0.5, 0.6) is 0 Å². The van der Waals surface area contributed by atoms with Crippen LogP contribution in [0.2, 0.25) is 0 Å². The molecule has 0 amide bonds. The third kappa shape index (κ3) is 1.72. The lowest BCUT2D eigenvalue weighted by Gasteiger charge is -2.22. The Kier molecular flexibility index (Phi) is 2.57. The first-order valence-corrected chi connectivity index (χ1v) is 8.91. The summed E-state index contributed by atoms with van der Waals surface area (Å²) < 4.78 is 1.16. The minimum atomic E-state index is 0.0936. The van der Waals surface area contributed by atoms with E-state index >= 15 is 0 Å². The summed E-state index contributed by atoms with van der Waals surface area (Å²) in [7, 11) is 0. The van der Waals surface area contributed by atoms with Crippen LogP contribution in [0.3, 0.4) is 0 Å². The second-order valence-electron chi connectivity index (χ2n) is 7.20. The van der Waals surface area contributed by atoms with Crippen LogP contribution in [0.15, 0.2) is 59.1 Å². The van der Waals surface area contributed by atoms with Crippen molar-refractivity contribution in [3.05, 3.63) is 81.3 Å². The molecule has 0 aliphatic heterocycles. The van der Waals surface area contributed by atoms with Crippen molar-refractivity contribution >= 4 is 15.9 Å². The van der Waals surface area contributed by atoms with Gasteiger partial charge in [0, 0.05) is 9.89 Å². The van der Waals surface area contributed by atoms with Crippen molar-refractivity contribution in [2.45, 2.75) is 25.7 Å². The number of fused-ring (bicyclic) bond motifs is 6. The summed E-state index contributed by atoms with van der Waals surface area (Å²) in [6.07, 6.45) is 1.05. The molecular weight excluding hydrogens is 344 g/mol. The Balaban J connectivity index is 1.82. The molecule has 0 bridgehead atoms. The van der Waals surface area contributed by atoms with Crippen LogP contribution in [0.25, 0.3) is 22.3 Å². The average Bonchev–Trinajstić information content (AvgIpc) is 3.00. The van der Waals surface area contributed by atoms with Gasteiger partial charge in [-0.05, 0) is 69.1 Å². The maximum Gasteiger partial charge on any atom is 0.0181 e. The maximum absolute atomic E-state index is 3.62. The molecule has 3 aromatic carbocycles. The number of benzene rings is 3. The van der Waals surface area contributed by atoms with Crippen LogP contribution in [-0.2, 0) is 11.8 Å². The van der Waals surface area contributed by atoms with Gasteiger partial charge in [0.05, 0.1) is 0 Å². The third-order valence-corrected chi connectivity index (χ3v) is 6.04. The molecular formula is C22H17Br. The van der Waals surface area contributed by atoms with Crippen LogP contribution in [0, 0.1) is 0 Å². The molecule has 0 atom stereocenters. The molecule has 0 heterocycles. The number of halogens is 1. The monoisotopic (exact) mass is 360 g/mol. The van der Waals surface area contributed by atoms with E-state index in [1.165, 1.54) is 44.5 Å². The molecule has 0 aromatic heterocycles. The number of rotatable bonds is 0. The van der Waals surface area contributed by atoms with Crippen LogP contribution in [0.4, 0.5) is 0 Å². The van der Waals surface area contributed by atoms with Gasteiger partial charge in [-0.15, -0.1) is 0 Å². The van der Waals surface area contributed by atoms with Crippen molar-refractivity contribution in [2.75, 3.05) is 0 Å². The second kappa shape index (κ2) is 4.36. The summed E-state index contributed by atoms with van der Waals surface area (Å²) in [5.41, 5.74) is 11.5. The molecule has 23 heavy (non-hydrogen) atoms. The Bertz CT molecular complexity index is 979. The highest BCUT2D eigenvalue weighted by Crippen LogP contribution is 2.52. The summed E-state index contributed by atoms with van der Waals surface area (Å²) in [6, 6.07) is 20.4. The Morgan fingerprint density at radius 3 is 2.39 bits per heavy atom. The lowest BCUT2D eigenvalue weighted by molar-refractivity contribution is 0.659. The van der Waals surface area contributed by atoms with Crippen molar-refractivity contribution in [3.8, 4) is 22.3 Å². The fourth-order valence-corrected chi connectivity index (χ4v) is 4.71. The molecule has 0 saturated heterocycles. The Labute approximate surface area is 145 Å². The van der Waals surface area contributed by atoms with Gasteiger partial charge in [-0.2, -0.15) is 0 Å². The quantitative estimate of drug-likeness (QED) is 0.343. The van der Waals surface area contributed by atoms with Gasteiger partial charge in [-0.25, -0.2) is 0 Å². The van der Waals surface area contributed by atoms with E-state index in [0.29, 0.717) is 0 Å². The van der Waals surface area contributed by atoms with E-state index in [4.69, 9.17) is 0 Å². The summed E-state index contributed by atoms with van der Waals surface area (Å²) >= 11 is 3.62. The van der Waals surface area contributed by atoms with Crippen molar-refractivity contribution in [1.29, 1.82) is 0 Å². The molecule has 0 saturated carbocycles. The van der Waals surface area contributed by atoms with Crippen molar-refractivity contribution in [2.24, 2.45) is 0 Å². The largest absolute Gasteiger partial charge is 0.0619 e. The first kappa shape index (κ1) is 13.6. The lowest BCUT2D eigenvalue weighted by atomic mass is 9.81. The summed E-state index contributed by atoms with van der Waals surface area (Å²) in [5, 5.41) is 0. The van der Waals surface area contributed by atoms with Crippen molar-refractivity contribution < 1.29 is 0 Å². The van der Waals surface area contributed by atoms with Gasteiger partial charge < -0.3 is 0 Å². The van der Waals surface area contributed by atoms with E-state index < -0.39 is 0 Å². The van der Waals surface area contributed by atoms with Gasteiger partial charge in [0.15, 0.2) is 0 Å². The predicted molar refractivity (Wildman–Crippen MR) is 99.9 cm³/mol. The molecule has 0 N–H and O–H groups in total. The van der Waals surface area contributed by atoms with Crippen molar-refractivity contribution in [1.82, 2.24) is 0 Å². The maximum atomic E-state index is 3.62. The molecule has 0 spiro atoms. The summed E-state index contributed by atoms with van der Waals surface area (Å²) in [5.74, 6) is 0. The van der Waals surface area contributed by atoms with E-state index in [1.54, 1.807) is 0 Å². The zero-order valence-corrected chi connectivity index (χ0v) is 14.9. The fourth-order valence-electron chi connectivity index (χ4n) is 4.35. The molecule has 5 rings (SSSR count). The Hall–Kier alpha value is -1.86. The molecule has 0 fully saturated rings. The van der Waals surface area contributed by atoms with Gasteiger partial charge in [-0.3, -0.25) is 0 Å². The molecule has 1 heteroatoms. The standard InChI is InChI=1S/C22H17Br/c1-22(2)20-6-4-3-5-16(20)19-12-18-14(10-21(19)22)9-13-7-8-15(23)11-17(13)18/h3-8,10-12H,9H2,1-2H3. The minimum absolute atomic E-state index is 0.0936. The third-order valence-electron chi connectivity index (χ3n) is 5.55. The normalized spacial score (nSPS) is 15.8. The highest BCUT2D eigenvalue weighted by Gasteiger charge is 2.36. The molecule has 0 nitrogen and oxygen atoms in total. The zero-order valence-electron chi connectivity index (χ0n) is 13.3. The van der Waals surface area contributed by atoms with Gasteiger partial charge >= 0.3 is 0 Å². The summed E-state index contributed by atoms with van der Waals surface area (Å²) in [6.45, 7) is 4.70. The first-order chi connectivity index (χ1) is 11.1. The fraction of sp³-hybridized carbons (Fsp3) is 0.182. The molecule has 2 aliphatic rings. The van der Waals surface area contributed by atoms with Gasteiger partial charge in [0.1, 0.15) is 0 Å². The van der Waals surface area contributed by atoms with E-state index in [1.807, 2.05) is 0 Å². The SMILES string of the molecule is CC1(C)c2ccccc2-c2cc3c(cc21)Cc1ccc(Br)cc1-3. The topological polar surface area (TPSA) is 0 Å². The van der Waals surface area contributed by atoms with E-state index in [2.05, 4.69) is 84.4 Å². The average molecular weight is 361 g/mol. The number of hydrogen-bond donors (Lipinski definition) is 0. The smallest absolute Gasteiger partial charge is 0.0181 e. The molecule has 0 radical (unpaired) electrons. The Morgan fingerprint density at radius 2 is 1.52 bits per heavy atom. The van der Waals surface area contributed by atoms with E-state index in [0.717, 1.165) is 10.9 Å². The predicted octanol–water partition coefficient (Wildman–Crippen LogP) is 6.33. The highest BCUT2D eigenvalue weighted by molar-refractivity contribution is 9.10. The highest BCUT2D eigenvalue weighted by atomic mass is 79.9. The van der Waals surface area contributed by atoms with Crippen LogP contribution in [-0.4, -0.2) is 0 Å². The van der Waals surface area contributed by atoms with Gasteiger partial charge in [0.25, 0.3) is 0 Å². The molecule has 112 valence electrons.